The first kappa shape index (κ1) is 20.5. The smallest absolute Gasteiger partial charge is 0.450 e. The zero-order valence-corrected chi connectivity index (χ0v) is 15.2. The van der Waals surface area contributed by atoms with Crippen molar-refractivity contribution in [3.05, 3.63) is 35.9 Å². The first-order valence-electron chi connectivity index (χ1n) is 9.64. The summed E-state index contributed by atoms with van der Waals surface area (Å²) in [5, 5.41) is 8.43. The summed E-state index contributed by atoms with van der Waals surface area (Å²) in [6.45, 7) is 2.59. The van der Waals surface area contributed by atoms with E-state index in [2.05, 4.69) is 42.0 Å². The van der Waals surface area contributed by atoms with E-state index in [0.717, 1.165) is 19.3 Å². The molecular formula is C21H34O3. The number of carboxylic acid groups (broad SMARTS) is 1. The van der Waals surface area contributed by atoms with Gasteiger partial charge in [0.05, 0.1) is 6.61 Å². The Morgan fingerprint density at radius 3 is 2.08 bits per heavy atom. The molecule has 0 bridgehead atoms. The van der Waals surface area contributed by atoms with E-state index in [1.54, 1.807) is 0 Å². The molecule has 1 unspecified atom stereocenters. The van der Waals surface area contributed by atoms with Crippen LogP contribution in [-0.2, 0) is 4.74 Å². The van der Waals surface area contributed by atoms with Gasteiger partial charge in [0.15, 0.2) is 0 Å². The molecule has 0 amide bonds. The highest BCUT2D eigenvalue weighted by atomic mass is 16.7. The van der Waals surface area contributed by atoms with Crippen molar-refractivity contribution >= 4 is 6.16 Å². The molecule has 3 nitrogen and oxygen atoms in total. The number of rotatable bonds is 14. The van der Waals surface area contributed by atoms with Gasteiger partial charge in [0.25, 0.3) is 0 Å². The highest BCUT2D eigenvalue weighted by Gasteiger charge is 2.10. The van der Waals surface area contributed by atoms with Gasteiger partial charge in [-0.2, -0.15) is 0 Å². The van der Waals surface area contributed by atoms with Crippen molar-refractivity contribution in [1.82, 2.24) is 0 Å². The van der Waals surface area contributed by atoms with Gasteiger partial charge >= 0.3 is 6.16 Å². The van der Waals surface area contributed by atoms with E-state index in [1.807, 2.05) is 0 Å². The zero-order chi connectivity index (χ0) is 17.5. The van der Waals surface area contributed by atoms with Gasteiger partial charge in [0.2, 0.25) is 0 Å². The van der Waals surface area contributed by atoms with Crippen LogP contribution in [0.3, 0.4) is 0 Å². The van der Waals surface area contributed by atoms with Crippen LogP contribution < -0.4 is 0 Å². The molecule has 1 N–H and O–H groups in total. The summed E-state index contributed by atoms with van der Waals surface area (Å²) in [6.07, 6.45) is 12.3. The molecule has 0 aliphatic heterocycles. The SMILES string of the molecule is CCCCCCCC(CCCCCCOC(=O)O)c1ccccc1. The van der Waals surface area contributed by atoms with Crippen LogP contribution in [0, 0.1) is 0 Å². The molecule has 0 saturated carbocycles. The molecule has 0 aliphatic rings. The molecule has 0 saturated heterocycles. The molecule has 1 aromatic carbocycles. The maximum atomic E-state index is 10.3. The lowest BCUT2D eigenvalue weighted by Crippen LogP contribution is -2.02. The number of ether oxygens (including phenoxy) is 1. The van der Waals surface area contributed by atoms with Crippen molar-refractivity contribution in [2.75, 3.05) is 6.61 Å². The van der Waals surface area contributed by atoms with Crippen molar-refractivity contribution in [1.29, 1.82) is 0 Å². The maximum Gasteiger partial charge on any atom is 0.505 e. The largest absolute Gasteiger partial charge is 0.505 e. The summed E-state index contributed by atoms with van der Waals surface area (Å²) in [5.41, 5.74) is 1.47. The predicted molar refractivity (Wildman–Crippen MR) is 99.6 cm³/mol. The van der Waals surface area contributed by atoms with Gasteiger partial charge in [-0.25, -0.2) is 4.79 Å². The third-order valence-corrected chi connectivity index (χ3v) is 4.60. The van der Waals surface area contributed by atoms with Crippen molar-refractivity contribution in [2.24, 2.45) is 0 Å². The number of benzene rings is 1. The maximum absolute atomic E-state index is 10.3. The average molecular weight is 334 g/mol. The Bertz CT molecular complexity index is 416. The van der Waals surface area contributed by atoms with Crippen molar-refractivity contribution < 1.29 is 14.6 Å². The van der Waals surface area contributed by atoms with E-state index in [1.165, 1.54) is 56.9 Å². The van der Waals surface area contributed by atoms with Crippen LogP contribution in [0.15, 0.2) is 30.3 Å². The van der Waals surface area contributed by atoms with Gasteiger partial charge in [0.1, 0.15) is 0 Å². The molecular weight excluding hydrogens is 300 g/mol. The molecule has 1 rings (SSSR count). The molecule has 0 aromatic heterocycles. The summed E-state index contributed by atoms with van der Waals surface area (Å²) in [4.78, 5) is 10.3. The Balaban J connectivity index is 2.25. The molecule has 0 spiro atoms. The molecule has 1 aromatic rings. The minimum Gasteiger partial charge on any atom is -0.450 e. The van der Waals surface area contributed by atoms with Crippen molar-refractivity contribution in [2.45, 2.75) is 83.5 Å². The second-order valence-corrected chi connectivity index (χ2v) is 6.63. The van der Waals surface area contributed by atoms with Crippen LogP contribution >= 0.6 is 0 Å². The average Bonchev–Trinajstić information content (AvgIpc) is 2.59. The van der Waals surface area contributed by atoms with E-state index in [9.17, 15) is 4.79 Å². The summed E-state index contributed by atoms with van der Waals surface area (Å²) < 4.78 is 4.54. The van der Waals surface area contributed by atoms with Crippen LogP contribution in [0.25, 0.3) is 0 Å². The summed E-state index contributed by atoms with van der Waals surface area (Å²) >= 11 is 0. The zero-order valence-electron chi connectivity index (χ0n) is 15.2. The minimum atomic E-state index is -1.16. The first-order chi connectivity index (χ1) is 11.7. The molecule has 0 radical (unpaired) electrons. The number of carbonyl (C=O) groups is 1. The molecule has 3 heteroatoms. The third kappa shape index (κ3) is 10.3. The lowest BCUT2D eigenvalue weighted by molar-refractivity contribution is 0.0899. The van der Waals surface area contributed by atoms with Crippen LogP contribution in [0.2, 0.25) is 0 Å². The second kappa shape index (κ2) is 13.9. The fourth-order valence-corrected chi connectivity index (χ4v) is 3.20. The van der Waals surface area contributed by atoms with Crippen molar-refractivity contribution in [3.8, 4) is 0 Å². The molecule has 0 aliphatic carbocycles. The Kier molecular flexibility index (Phi) is 11.9. The van der Waals surface area contributed by atoms with E-state index in [-0.39, 0.29) is 0 Å². The minimum absolute atomic E-state index is 0.328. The Hall–Kier alpha value is -1.51. The predicted octanol–water partition coefficient (Wildman–Crippen LogP) is 6.78. The number of unbranched alkanes of at least 4 members (excludes halogenated alkanes) is 7. The molecule has 0 heterocycles. The van der Waals surface area contributed by atoms with Crippen molar-refractivity contribution in [3.63, 3.8) is 0 Å². The second-order valence-electron chi connectivity index (χ2n) is 6.63. The van der Waals surface area contributed by atoms with Gasteiger partial charge in [-0.05, 0) is 30.7 Å². The quantitative estimate of drug-likeness (QED) is 0.301. The highest BCUT2D eigenvalue weighted by Crippen LogP contribution is 2.28. The van der Waals surface area contributed by atoms with E-state index < -0.39 is 6.16 Å². The first-order valence-corrected chi connectivity index (χ1v) is 9.64. The number of hydrogen-bond acceptors (Lipinski definition) is 2. The Morgan fingerprint density at radius 2 is 1.50 bits per heavy atom. The molecule has 136 valence electrons. The van der Waals surface area contributed by atoms with Crippen LogP contribution in [0.1, 0.15) is 89.0 Å². The monoisotopic (exact) mass is 334 g/mol. The molecule has 24 heavy (non-hydrogen) atoms. The standard InChI is InChI=1S/C21H34O3/c1-2-3-4-5-9-14-19(20-16-11-8-12-17-20)15-10-6-7-13-18-24-21(22)23/h8,11-12,16-17,19H,2-7,9-10,13-15,18H2,1H3,(H,22,23). The van der Waals surface area contributed by atoms with Gasteiger partial charge in [-0.1, -0.05) is 88.6 Å². The summed E-state index contributed by atoms with van der Waals surface area (Å²) in [6, 6.07) is 10.9. The highest BCUT2D eigenvalue weighted by molar-refractivity contribution is 5.56. The Morgan fingerprint density at radius 1 is 0.917 bits per heavy atom. The van der Waals surface area contributed by atoms with E-state index in [4.69, 9.17) is 5.11 Å². The Labute approximate surface area is 147 Å². The number of hydrogen-bond donors (Lipinski definition) is 1. The summed E-state index contributed by atoms with van der Waals surface area (Å²) in [5.74, 6) is 0.670. The molecule has 1 atom stereocenters. The van der Waals surface area contributed by atoms with Crippen LogP contribution in [-0.4, -0.2) is 17.9 Å². The lowest BCUT2D eigenvalue weighted by Gasteiger charge is -2.17. The fourth-order valence-electron chi connectivity index (χ4n) is 3.20. The topological polar surface area (TPSA) is 46.5 Å². The van der Waals surface area contributed by atoms with E-state index >= 15 is 0 Å². The normalized spacial score (nSPS) is 12.0. The fraction of sp³-hybridized carbons (Fsp3) is 0.667. The third-order valence-electron chi connectivity index (χ3n) is 4.60. The van der Waals surface area contributed by atoms with Crippen LogP contribution in [0.5, 0.6) is 0 Å². The summed E-state index contributed by atoms with van der Waals surface area (Å²) in [7, 11) is 0. The van der Waals surface area contributed by atoms with E-state index in [0.29, 0.717) is 12.5 Å². The van der Waals surface area contributed by atoms with Gasteiger partial charge in [0, 0.05) is 0 Å². The van der Waals surface area contributed by atoms with Crippen LogP contribution in [0.4, 0.5) is 4.79 Å². The van der Waals surface area contributed by atoms with Gasteiger partial charge in [-0.15, -0.1) is 0 Å². The molecule has 0 fully saturated rings. The lowest BCUT2D eigenvalue weighted by atomic mass is 9.88. The van der Waals surface area contributed by atoms with Gasteiger partial charge < -0.3 is 9.84 Å². The van der Waals surface area contributed by atoms with Gasteiger partial charge in [-0.3, -0.25) is 0 Å².